The number of amides is 1. The maximum atomic E-state index is 13.1. The molecule has 2 N–H and O–H groups in total. The number of ether oxygens (including phenoxy) is 1. The van der Waals surface area contributed by atoms with Crippen molar-refractivity contribution in [3.05, 3.63) is 77.2 Å². The predicted octanol–water partition coefficient (Wildman–Crippen LogP) is 5.73. The van der Waals surface area contributed by atoms with Crippen molar-refractivity contribution in [1.82, 2.24) is 10.3 Å². The fraction of sp³-hybridized carbons (Fsp3) is 0.469. The van der Waals surface area contributed by atoms with Crippen LogP contribution in [0.15, 0.2) is 59.0 Å². The van der Waals surface area contributed by atoms with Crippen LogP contribution in [0.4, 0.5) is 0 Å². The van der Waals surface area contributed by atoms with E-state index in [1.165, 1.54) is 5.56 Å². The van der Waals surface area contributed by atoms with Gasteiger partial charge in [-0.15, -0.1) is 0 Å². The van der Waals surface area contributed by atoms with Crippen molar-refractivity contribution in [2.45, 2.75) is 65.0 Å². The van der Waals surface area contributed by atoms with Gasteiger partial charge in [-0.25, -0.2) is 4.98 Å². The van der Waals surface area contributed by atoms with Crippen LogP contribution in [0.25, 0.3) is 11.5 Å². The molecule has 5 unspecified atom stereocenters. The Labute approximate surface area is 230 Å². The Morgan fingerprint density at radius 3 is 2.54 bits per heavy atom. The fourth-order valence-corrected chi connectivity index (χ4v) is 6.11. The standard InChI is InChI=1S/C32H38N2O5/c1-20-8-6-11-23(16-20)31-34-29(21(2)39-31)19-38-18-24-12-7-13-28(27(24)17-22-9-4-3-5-10-22)33-30(35)25-14-15-26(25)32(36)37/h3-6,8-11,16,24-28H,7,12-15,17-19H2,1-2H3,(H,33,35)(H,36,37). The lowest BCUT2D eigenvalue weighted by Gasteiger charge is -2.41. The summed E-state index contributed by atoms with van der Waals surface area (Å²) in [5.74, 6) is -0.127. The molecule has 2 aliphatic carbocycles. The van der Waals surface area contributed by atoms with Crippen LogP contribution in [0, 0.1) is 37.5 Å². The van der Waals surface area contributed by atoms with Crippen LogP contribution in [-0.4, -0.2) is 34.6 Å². The molecule has 39 heavy (non-hydrogen) atoms. The number of nitrogens with one attached hydrogen (secondary N) is 1. The summed E-state index contributed by atoms with van der Waals surface area (Å²) in [6.07, 6.45) is 4.98. The molecule has 0 saturated heterocycles. The summed E-state index contributed by atoms with van der Waals surface area (Å²) < 4.78 is 12.2. The minimum atomic E-state index is -0.870. The summed E-state index contributed by atoms with van der Waals surface area (Å²) in [5.41, 5.74) is 4.14. The third-order valence-electron chi connectivity index (χ3n) is 8.51. The molecule has 3 aromatic rings. The molecule has 2 fully saturated rings. The molecular weight excluding hydrogens is 492 g/mol. The van der Waals surface area contributed by atoms with Gasteiger partial charge in [-0.2, -0.15) is 0 Å². The molecule has 2 saturated carbocycles. The van der Waals surface area contributed by atoms with E-state index >= 15 is 0 Å². The second-order valence-corrected chi connectivity index (χ2v) is 11.2. The van der Waals surface area contributed by atoms with Crippen LogP contribution < -0.4 is 5.32 Å². The first kappa shape index (κ1) is 27.1. The van der Waals surface area contributed by atoms with Crippen molar-refractivity contribution >= 4 is 11.9 Å². The SMILES string of the molecule is Cc1cccc(-c2nc(COCC3CCCC(NC(=O)C4CCC4C(=O)O)C3Cc3ccccc3)c(C)o2)c1. The molecule has 5 atom stereocenters. The summed E-state index contributed by atoms with van der Waals surface area (Å²) in [6.45, 7) is 4.90. The molecule has 206 valence electrons. The van der Waals surface area contributed by atoms with Gasteiger partial charge >= 0.3 is 5.97 Å². The van der Waals surface area contributed by atoms with E-state index in [9.17, 15) is 14.7 Å². The number of carboxylic acid groups (broad SMARTS) is 1. The lowest BCUT2D eigenvalue weighted by molar-refractivity contribution is -0.153. The topological polar surface area (TPSA) is 102 Å². The number of aromatic nitrogens is 1. The van der Waals surface area contributed by atoms with Gasteiger partial charge in [-0.05, 0) is 75.5 Å². The molecule has 7 heteroatoms. The zero-order valence-electron chi connectivity index (χ0n) is 22.8. The third-order valence-corrected chi connectivity index (χ3v) is 8.51. The highest BCUT2D eigenvalue weighted by Crippen LogP contribution is 2.37. The van der Waals surface area contributed by atoms with Gasteiger partial charge in [-0.1, -0.05) is 54.4 Å². The summed E-state index contributed by atoms with van der Waals surface area (Å²) in [6, 6.07) is 18.5. The Balaban J connectivity index is 1.25. The van der Waals surface area contributed by atoms with E-state index in [0.29, 0.717) is 31.9 Å². The molecule has 0 bridgehead atoms. The Bertz CT molecular complexity index is 1290. The maximum absolute atomic E-state index is 13.1. The van der Waals surface area contributed by atoms with Gasteiger partial charge in [0.05, 0.1) is 25.0 Å². The Morgan fingerprint density at radius 1 is 1.03 bits per heavy atom. The monoisotopic (exact) mass is 530 g/mol. The number of carbonyl (C=O) groups is 2. The summed E-state index contributed by atoms with van der Waals surface area (Å²) in [7, 11) is 0. The molecule has 2 aromatic carbocycles. The zero-order chi connectivity index (χ0) is 27.4. The van der Waals surface area contributed by atoms with Gasteiger partial charge in [0.15, 0.2) is 0 Å². The average molecular weight is 531 g/mol. The lowest BCUT2D eigenvalue weighted by atomic mass is 9.71. The molecule has 7 nitrogen and oxygen atoms in total. The molecule has 0 radical (unpaired) electrons. The number of benzene rings is 2. The number of aliphatic carboxylic acids is 1. The second kappa shape index (κ2) is 12.2. The number of nitrogens with zero attached hydrogens (tertiary/aromatic N) is 1. The zero-order valence-corrected chi connectivity index (χ0v) is 22.8. The number of hydrogen-bond donors (Lipinski definition) is 2. The van der Waals surface area contributed by atoms with Crippen molar-refractivity contribution in [3.63, 3.8) is 0 Å². The number of carbonyl (C=O) groups excluding carboxylic acids is 1. The van der Waals surface area contributed by atoms with Gasteiger partial charge in [0, 0.05) is 11.6 Å². The number of aryl methyl sites for hydroxylation is 2. The Kier molecular flexibility index (Phi) is 8.46. The van der Waals surface area contributed by atoms with E-state index in [1.54, 1.807) is 0 Å². The van der Waals surface area contributed by atoms with Crippen molar-refractivity contribution in [1.29, 1.82) is 0 Å². The van der Waals surface area contributed by atoms with E-state index in [2.05, 4.69) is 23.5 Å². The van der Waals surface area contributed by atoms with E-state index in [0.717, 1.165) is 48.3 Å². The van der Waals surface area contributed by atoms with Crippen molar-refractivity contribution < 1.29 is 23.8 Å². The van der Waals surface area contributed by atoms with Crippen molar-refractivity contribution in [2.24, 2.45) is 23.7 Å². The smallest absolute Gasteiger partial charge is 0.307 e. The lowest BCUT2D eigenvalue weighted by Crippen LogP contribution is -2.52. The molecular formula is C32H38N2O5. The van der Waals surface area contributed by atoms with Gasteiger partial charge in [0.2, 0.25) is 11.8 Å². The predicted molar refractivity (Wildman–Crippen MR) is 148 cm³/mol. The minimum absolute atomic E-state index is 0.00295. The third kappa shape index (κ3) is 6.41. The summed E-state index contributed by atoms with van der Waals surface area (Å²) in [4.78, 5) is 29.3. The van der Waals surface area contributed by atoms with E-state index in [-0.39, 0.29) is 23.8 Å². The van der Waals surface area contributed by atoms with Crippen LogP contribution in [0.2, 0.25) is 0 Å². The average Bonchev–Trinajstić information content (AvgIpc) is 3.25. The number of hydrogen-bond acceptors (Lipinski definition) is 5. The molecule has 0 aliphatic heterocycles. The molecule has 1 heterocycles. The van der Waals surface area contributed by atoms with E-state index in [4.69, 9.17) is 14.1 Å². The maximum Gasteiger partial charge on any atom is 0.307 e. The van der Waals surface area contributed by atoms with Crippen molar-refractivity contribution in [2.75, 3.05) is 6.61 Å². The van der Waals surface area contributed by atoms with Crippen LogP contribution in [0.3, 0.4) is 0 Å². The van der Waals surface area contributed by atoms with Crippen LogP contribution in [0.5, 0.6) is 0 Å². The van der Waals surface area contributed by atoms with Gasteiger partial charge in [-0.3, -0.25) is 9.59 Å². The highest BCUT2D eigenvalue weighted by atomic mass is 16.5. The Morgan fingerprint density at radius 2 is 1.82 bits per heavy atom. The first-order valence-corrected chi connectivity index (χ1v) is 14.1. The second-order valence-electron chi connectivity index (χ2n) is 11.2. The summed E-state index contributed by atoms with van der Waals surface area (Å²) >= 11 is 0. The van der Waals surface area contributed by atoms with Crippen LogP contribution >= 0.6 is 0 Å². The van der Waals surface area contributed by atoms with Crippen LogP contribution in [-0.2, 0) is 27.4 Å². The molecule has 1 amide bonds. The minimum Gasteiger partial charge on any atom is -0.481 e. The molecule has 0 spiro atoms. The molecule has 2 aliphatic rings. The van der Waals surface area contributed by atoms with E-state index in [1.807, 2.05) is 50.2 Å². The molecule has 1 aromatic heterocycles. The van der Waals surface area contributed by atoms with Crippen LogP contribution in [0.1, 0.15) is 54.7 Å². The molecule has 5 rings (SSSR count). The first-order valence-electron chi connectivity index (χ1n) is 14.1. The van der Waals surface area contributed by atoms with E-state index < -0.39 is 17.8 Å². The summed E-state index contributed by atoms with van der Waals surface area (Å²) in [5, 5.41) is 12.7. The highest BCUT2D eigenvalue weighted by Gasteiger charge is 2.43. The highest BCUT2D eigenvalue weighted by molar-refractivity contribution is 5.86. The quantitative estimate of drug-likeness (QED) is 0.347. The van der Waals surface area contributed by atoms with Gasteiger partial charge in [0.25, 0.3) is 0 Å². The number of carboxylic acids is 1. The first-order chi connectivity index (χ1) is 18.9. The van der Waals surface area contributed by atoms with Gasteiger partial charge in [0.1, 0.15) is 11.5 Å². The number of oxazole rings is 1. The fourth-order valence-electron chi connectivity index (χ4n) is 6.11. The Hall–Kier alpha value is -3.45. The van der Waals surface area contributed by atoms with Crippen molar-refractivity contribution in [3.8, 4) is 11.5 Å². The van der Waals surface area contributed by atoms with Gasteiger partial charge < -0.3 is 19.6 Å². The largest absolute Gasteiger partial charge is 0.481 e. The number of rotatable bonds is 10. The normalized spacial score (nSPS) is 24.6.